The molecule has 0 bridgehead atoms. The topological polar surface area (TPSA) is 66.6 Å². The molecule has 1 aromatic rings. The Morgan fingerprint density at radius 1 is 1.21 bits per heavy atom. The van der Waals surface area contributed by atoms with Crippen LogP contribution < -0.4 is 5.73 Å². The van der Waals surface area contributed by atoms with Crippen molar-refractivity contribution < 1.29 is 9.59 Å². The van der Waals surface area contributed by atoms with Crippen molar-refractivity contribution in [1.29, 1.82) is 0 Å². The Labute approximate surface area is 149 Å². The van der Waals surface area contributed by atoms with E-state index in [1.807, 2.05) is 40.1 Å². The van der Waals surface area contributed by atoms with Gasteiger partial charge in [-0.2, -0.15) is 0 Å². The molecule has 24 heavy (non-hydrogen) atoms. The maximum absolute atomic E-state index is 12.6. The number of nitrogens with zero attached hydrogens (tertiary/aromatic N) is 2. The van der Waals surface area contributed by atoms with E-state index in [0.29, 0.717) is 19.4 Å². The smallest absolute Gasteiger partial charge is 0.239 e. The van der Waals surface area contributed by atoms with Crippen LogP contribution in [0.3, 0.4) is 0 Å². The van der Waals surface area contributed by atoms with Crippen LogP contribution in [0.5, 0.6) is 0 Å². The van der Waals surface area contributed by atoms with Gasteiger partial charge in [-0.3, -0.25) is 9.59 Å². The van der Waals surface area contributed by atoms with E-state index in [1.165, 1.54) is 0 Å². The summed E-state index contributed by atoms with van der Waals surface area (Å²) in [6.45, 7) is 2.22. The molecule has 0 aliphatic carbocycles. The van der Waals surface area contributed by atoms with Crippen LogP contribution in [0.15, 0.2) is 30.3 Å². The molecular formula is C18H26ClN3O2. The number of benzene rings is 1. The molecule has 1 unspecified atom stereocenters. The van der Waals surface area contributed by atoms with E-state index in [-0.39, 0.29) is 30.3 Å². The van der Waals surface area contributed by atoms with Crippen LogP contribution in [0, 0.1) is 0 Å². The second-order valence-corrected chi connectivity index (χ2v) is 6.57. The summed E-state index contributed by atoms with van der Waals surface area (Å²) in [5.74, 6) is 0.239. The third kappa shape index (κ3) is 4.28. The van der Waals surface area contributed by atoms with Crippen LogP contribution in [0.25, 0.3) is 0 Å². The summed E-state index contributed by atoms with van der Waals surface area (Å²) in [5, 5.41) is 0. The van der Waals surface area contributed by atoms with Gasteiger partial charge in [-0.05, 0) is 31.2 Å². The molecule has 2 saturated heterocycles. The maximum Gasteiger partial charge on any atom is 0.239 e. The van der Waals surface area contributed by atoms with Crippen molar-refractivity contribution in [2.24, 2.45) is 5.73 Å². The second kappa shape index (κ2) is 8.49. The Balaban J connectivity index is 0.00000208. The van der Waals surface area contributed by atoms with Crippen LogP contribution in [0.4, 0.5) is 0 Å². The van der Waals surface area contributed by atoms with Crippen molar-refractivity contribution in [3.8, 4) is 0 Å². The molecule has 0 spiro atoms. The highest BCUT2D eigenvalue weighted by Crippen LogP contribution is 2.22. The Hall–Kier alpha value is -1.59. The number of likely N-dealkylation sites (tertiary alicyclic amines) is 2. The molecule has 132 valence electrons. The summed E-state index contributed by atoms with van der Waals surface area (Å²) < 4.78 is 0. The van der Waals surface area contributed by atoms with Crippen LogP contribution in [0.2, 0.25) is 0 Å². The zero-order chi connectivity index (χ0) is 16.2. The highest BCUT2D eigenvalue weighted by Gasteiger charge is 2.33. The highest BCUT2D eigenvalue weighted by molar-refractivity contribution is 5.85. The first-order valence-corrected chi connectivity index (χ1v) is 8.53. The van der Waals surface area contributed by atoms with Gasteiger partial charge >= 0.3 is 0 Å². The third-order valence-electron chi connectivity index (χ3n) is 4.87. The largest absolute Gasteiger partial charge is 0.339 e. The molecule has 0 saturated carbocycles. The number of carbonyl (C=O) groups excluding carboxylic acids is 2. The minimum absolute atomic E-state index is 0. The number of amides is 2. The minimum Gasteiger partial charge on any atom is -0.339 e. The van der Waals surface area contributed by atoms with E-state index < -0.39 is 6.04 Å². The SMILES string of the molecule is Cl.N[C@@H](Cc1ccccc1)C(=O)N1CCCC(N2CCCC2=O)C1. The Bertz CT molecular complexity index is 567. The zero-order valence-corrected chi connectivity index (χ0v) is 14.7. The second-order valence-electron chi connectivity index (χ2n) is 6.57. The molecule has 2 aliphatic rings. The van der Waals surface area contributed by atoms with Gasteiger partial charge in [0.1, 0.15) is 0 Å². The fourth-order valence-corrected chi connectivity index (χ4v) is 3.65. The van der Waals surface area contributed by atoms with Crippen molar-refractivity contribution in [3.05, 3.63) is 35.9 Å². The standard InChI is InChI=1S/C18H25N3O2.ClH/c19-16(12-14-6-2-1-3-7-14)18(23)20-10-4-8-15(13-20)21-11-5-9-17(21)22;/h1-3,6-7,15-16H,4-5,8-13,19H2;1H/t15?,16-;/m0./s1. The number of carbonyl (C=O) groups is 2. The summed E-state index contributed by atoms with van der Waals surface area (Å²) in [4.78, 5) is 28.4. The Morgan fingerprint density at radius 2 is 1.96 bits per heavy atom. The van der Waals surface area contributed by atoms with Gasteiger partial charge in [0, 0.05) is 32.1 Å². The van der Waals surface area contributed by atoms with E-state index in [4.69, 9.17) is 5.73 Å². The lowest BCUT2D eigenvalue weighted by atomic mass is 10.0. The molecule has 0 radical (unpaired) electrons. The van der Waals surface area contributed by atoms with Gasteiger partial charge in [0.05, 0.1) is 6.04 Å². The van der Waals surface area contributed by atoms with Crippen molar-refractivity contribution in [2.45, 2.75) is 44.2 Å². The van der Waals surface area contributed by atoms with E-state index in [1.54, 1.807) is 0 Å². The summed E-state index contributed by atoms with van der Waals surface area (Å²) in [6, 6.07) is 9.53. The first-order chi connectivity index (χ1) is 11.1. The summed E-state index contributed by atoms with van der Waals surface area (Å²) in [6.07, 6.45) is 4.08. The first-order valence-electron chi connectivity index (χ1n) is 8.53. The van der Waals surface area contributed by atoms with Gasteiger partial charge in [0.15, 0.2) is 0 Å². The fourth-order valence-electron chi connectivity index (χ4n) is 3.65. The number of hydrogen-bond donors (Lipinski definition) is 1. The third-order valence-corrected chi connectivity index (χ3v) is 4.87. The van der Waals surface area contributed by atoms with E-state index in [2.05, 4.69) is 0 Å². The molecule has 2 fully saturated rings. The molecule has 1 aromatic carbocycles. The van der Waals surface area contributed by atoms with Crippen LogP contribution in [0.1, 0.15) is 31.2 Å². The fraction of sp³-hybridized carbons (Fsp3) is 0.556. The van der Waals surface area contributed by atoms with Crippen LogP contribution >= 0.6 is 12.4 Å². The monoisotopic (exact) mass is 351 g/mol. The number of halogens is 1. The molecule has 2 N–H and O–H groups in total. The summed E-state index contributed by atoms with van der Waals surface area (Å²) in [5.41, 5.74) is 7.21. The molecule has 6 heteroatoms. The lowest BCUT2D eigenvalue weighted by molar-refractivity contribution is -0.138. The molecular weight excluding hydrogens is 326 g/mol. The van der Waals surface area contributed by atoms with Gasteiger partial charge in [-0.25, -0.2) is 0 Å². The molecule has 2 amide bonds. The molecule has 0 aromatic heterocycles. The predicted octanol–water partition coefficient (Wildman–Crippen LogP) is 1.59. The lowest BCUT2D eigenvalue weighted by Crippen LogP contribution is -2.54. The average Bonchev–Trinajstić information content (AvgIpc) is 3.01. The minimum atomic E-state index is -0.509. The lowest BCUT2D eigenvalue weighted by Gasteiger charge is -2.38. The Kier molecular flexibility index (Phi) is 6.63. The normalized spacial score (nSPS) is 22.2. The number of nitrogens with two attached hydrogens (primary N) is 1. The van der Waals surface area contributed by atoms with Gasteiger partial charge < -0.3 is 15.5 Å². The first kappa shape index (κ1) is 18.7. The Morgan fingerprint density at radius 3 is 2.62 bits per heavy atom. The molecule has 3 rings (SSSR count). The van der Waals surface area contributed by atoms with E-state index >= 15 is 0 Å². The van der Waals surface area contributed by atoms with E-state index in [9.17, 15) is 9.59 Å². The molecule has 2 aliphatic heterocycles. The molecule has 2 atom stereocenters. The maximum atomic E-state index is 12.6. The molecule has 5 nitrogen and oxygen atoms in total. The van der Waals surface area contributed by atoms with Gasteiger partial charge in [0.25, 0.3) is 0 Å². The van der Waals surface area contributed by atoms with Crippen LogP contribution in [-0.2, 0) is 16.0 Å². The molecule has 2 heterocycles. The van der Waals surface area contributed by atoms with Crippen molar-refractivity contribution in [3.63, 3.8) is 0 Å². The average molecular weight is 352 g/mol. The van der Waals surface area contributed by atoms with Gasteiger partial charge in [-0.1, -0.05) is 30.3 Å². The predicted molar refractivity (Wildman–Crippen MR) is 95.9 cm³/mol. The van der Waals surface area contributed by atoms with Gasteiger partial charge in [-0.15, -0.1) is 12.4 Å². The highest BCUT2D eigenvalue weighted by atomic mass is 35.5. The summed E-state index contributed by atoms with van der Waals surface area (Å²) >= 11 is 0. The van der Waals surface area contributed by atoms with E-state index in [0.717, 1.165) is 37.9 Å². The van der Waals surface area contributed by atoms with Crippen LogP contribution in [-0.4, -0.2) is 53.3 Å². The summed E-state index contributed by atoms with van der Waals surface area (Å²) in [7, 11) is 0. The quantitative estimate of drug-likeness (QED) is 0.895. The number of piperidine rings is 1. The van der Waals surface area contributed by atoms with Gasteiger partial charge in [0.2, 0.25) is 11.8 Å². The zero-order valence-electron chi connectivity index (χ0n) is 13.9. The number of rotatable bonds is 4. The number of hydrogen-bond acceptors (Lipinski definition) is 3. The van der Waals surface area contributed by atoms with Crippen molar-refractivity contribution in [1.82, 2.24) is 9.80 Å². The van der Waals surface area contributed by atoms with Crippen molar-refractivity contribution >= 4 is 24.2 Å². The van der Waals surface area contributed by atoms with Crippen molar-refractivity contribution in [2.75, 3.05) is 19.6 Å².